The van der Waals surface area contributed by atoms with Gasteiger partial charge in [-0.2, -0.15) is 5.26 Å². The lowest BCUT2D eigenvalue weighted by Gasteiger charge is -2.17. The van der Waals surface area contributed by atoms with E-state index in [1.807, 2.05) is 36.4 Å². The number of nitrogens with zero attached hydrogens (tertiary/aromatic N) is 1. The number of benzene rings is 3. The average molecular weight is 370 g/mol. The van der Waals surface area contributed by atoms with Gasteiger partial charge in [-0.15, -0.1) is 0 Å². The Hall–Kier alpha value is -3.45. The molecule has 0 amide bonds. The molecule has 0 bridgehead atoms. The molecule has 0 aliphatic carbocycles. The third kappa shape index (κ3) is 2.68. The van der Waals surface area contributed by atoms with Gasteiger partial charge in [0.15, 0.2) is 11.5 Å². The van der Waals surface area contributed by atoms with Gasteiger partial charge >= 0.3 is 0 Å². The van der Waals surface area contributed by atoms with Crippen molar-refractivity contribution in [3.05, 3.63) is 59.7 Å². The van der Waals surface area contributed by atoms with Crippen LogP contribution in [0.5, 0.6) is 11.5 Å². The molecule has 0 fully saturated rings. The predicted octanol–water partition coefficient (Wildman–Crippen LogP) is 6.00. The van der Waals surface area contributed by atoms with E-state index in [1.165, 1.54) is 0 Å². The van der Waals surface area contributed by atoms with E-state index in [9.17, 15) is 5.26 Å². The van der Waals surface area contributed by atoms with Gasteiger partial charge in [-0.25, -0.2) is 0 Å². The second-order valence-electron chi connectivity index (χ2n) is 7.14. The molecule has 4 nitrogen and oxygen atoms in total. The van der Waals surface area contributed by atoms with Crippen LogP contribution in [-0.4, -0.2) is 19.2 Å². The first-order chi connectivity index (χ1) is 13.6. The minimum atomic E-state index is 0.188. The molecule has 0 atom stereocenters. The number of methoxy groups -OCH3 is 2. The Morgan fingerprint density at radius 2 is 1.68 bits per heavy atom. The second kappa shape index (κ2) is 6.94. The van der Waals surface area contributed by atoms with Crippen molar-refractivity contribution in [3.8, 4) is 28.7 Å². The molecule has 0 aliphatic rings. The summed E-state index contributed by atoms with van der Waals surface area (Å²) in [5.74, 6) is 1.55. The van der Waals surface area contributed by atoms with Gasteiger partial charge in [0.2, 0.25) is 0 Å². The van der Waals surface area contributed by atoms with E-state index in [1.54, 1.807) is 14.2 Å². The summed E-state index contributed by atoms with van der Waals surface area (Å²) in [6.45, 7) is 4.24. The molecule has 1 aromatic heterocycles. The molecule has 1 N–H and O–H groups in total. The first-order valence-corrected chi connectivity index (χ1v) is 9.28. The predicted molar refractivity (Wildman–Crippen MR) is 113 cm³/mol. The second-order valence-corrected chi connectivity index (χ2v) is 7.14. The number of nitrogens with one attached hydrogen (secondary N) is 1. The SMILES string of the molecule is COc1ccc(-c2cc3c([nH]c4ccccc43)c(C#N)c2C(C)C)cc1OC. The quantitative estimate of drug-likeness (QED) is 0.479. The van der Waals surface area contributed by atoms with Crippen molar-refractivity contribution in [2.45, 2.75) is 19.8 Å². The zero-order valence-corrected chi connectivity index (χ0v) is 16.5. The number of aromatic amines is 1. The summed E-state index contributed by atoms with van der Waals surface area (Å²) in [5, 5.41) is 12.2. The largest absolute Gasteiger partial charge is 0.493 e. The molecule has 0 saturated heterocycles. The molecular formula is C24H22N2O2. The summed E-state index contributed by atoms with van der Waals surface area (Å²) in [4.78, 5) is 3.45. The van der Waals surface area contributed by atoms with Crippen LogP contribution in [0, 0.1) is 11.3 Å². The van der Waals surface area contributed by atoms with Crippen LogP contribution in [0.2, 0.25) is 0 Å². The smallest absolute Gasteiger partial charge is 0.161 e. The van der Waals surface area contributed by atoms with E-state index >= 15 is 0 Å². The molecule has 0 unspecified atom stereocenters. The van der Waals surface area contributed by atoms with Gasteiger partial charge in [-0.3, -0.25) is 0 Å². The number of fused-ring (bicyclic) bond motifs is 3. The average Bonchev–Trinajstić information content (AvgIpc) is 3.10. The van der Waals surface area contributed by atoms with Gasteiger partial charge in [0, 0.05) is 16.3 Å². The Morgan fingerprint density at radius 1 is 0.929 bits per heavy atom. The third-order valence-corrected chi connectivity index (χ3v) is 5.23. The van der Waals surface area contributed by atoms with Crippen LogP contribution in [0.4, 0.5) is 0 Å². The van der Waals surface area contributed by atoms with Crippen LogP contribution in [0.25, 0.3) is 32.9 Å². The number of hydrogen-bond donors (Lipinski definition) is 1. The van der Waals surface area contributed by atoms with E-state index in [-0.39, 0.29) is 5.92 Å². The fraction of sp³-hybridized carbons (Fsp3) is 0.208. The third-order valence-electron chi connectivity index (χ3n) is 5.23. The van der Waals surface area contributed by atoms with Crippen LogP contribution >= 0.6 is 0 Å². The maximum atomic E-state index is 10.0. The van der Waals surface area contributed by atoms with E-state index in [0.29, 0.717) is 17.1 Å². The van der Waals surface area contributed by atoms with E-state index in [4.69, 9.17) is 9.47 Å². The molecule has 1 heterocycles. The topological polar surface area (TPSA) is 58.0 Å². The monoisotopic (exact) mass is 370 g/mol. The lowest BCUT2D eigenvalue weighted by Crippen LogP contribution is -1.99. The van der Waals surface area contributed by atoms with Gasteiger partial charge in [0.05, 0.1) is 25.3 Å². The van der Waals surface area contributed by atoms with Crippen molar-refractivity contribution in [2.75, 3.05) is 14.2 Å². The van der Waals surface area contributed by atoms with Crippen LogP contribution < -0.4 is 9.47 Å². The van der Waals surface area contributed by atoms with Crippen LogP contribution in [-0.2, 0) is 0 Å². The van der Waals surface area contributed by atoms with Gasteiger partial charge in [-0.1, -0.05) is 38.1 Å². The zero-order chi connectivity index (χ0) is 19.8. The Bertz CT molecular complexity index is 1230. The molecule has 28 heavy (non-hydrogen) atoms. The normalized spacial score (nSPS) is 11.1. The molecule has 0 saturated carbocycles. The molecule has 3 aromatic carbocycles. The minimum Gasteiger partial charge on any atom is -0.493 e. The minimum absolute atomic E-state index is 0.188. The van der Waals surface area contributed by atoms with E-state index < -0.39 is 0 Å². The van der Waals surface area contributed by atoms with Crippen molar-refractivity contribution < 1.29 is 9.47 Å². The molecule has 0 spiro atoms. The van der Waals surface area contributed by atoms with Crippen molar-refractivity contribution in [1.82, 2.24) is 4.98 Å². The van der Waals surface area contributed by atoms with Crippen molar-refractivity contribution >= 4 is 21.8 Å². The lowest BCUT2D eigenvalue weighted by atomic mass is 9.87. The van der Waals surface area contributed by atoms with Crippen LogP contribution in [0.1, 0.15) is 30.9 Å². The first kappa shape index (κ1) is 17.9. The van der Waals surface area contributed by atoms with Gasteiger partial charge < -0.3 is 14.5 Å². The zero-order valence-electron chi connectivity index (χ0n) is 16.5. The molecule has 140 valence electrons. The molecule has 4 aromatic rings. The Morgan fingerprint density at radius 3 is 2.36 bits per heavy atom. The summed E-state index contributed by atoms with van der Waals surface area (Å²) in [5.41, 5.74) is 5.72. The van der Waals surface area contributed by atoms with E-state index in [0.717, 1.165) is 38.5 Å². The number of hydrogen-bond acceptors (Lipinski definition) is 3. The molecule has 0 aliphatic heterocycles. The maximum absolute atomic E-state index is 10.0. The number of rotatable bonds is 4. The summed E-state index contributed by atoms with van der Waals surface area (Å²) in [6, 6.07) is 18.7. The molecule has 4 rings (SSSR count). The Labute approximate surface area is 164 Å². The summed E-state index contributed by atoms with van der Waals surface area (Å²) in [6.07, 6.45) is 0. The standard InChI is InChI=1S/C24H22N2O2/c1-14(2)23-17(15-9-10-21(27-3)22(11-15)28-4)12-18-16-7-5-6-8-20(16)26-24(18)19(23)13-25/h5-12,14,26H,1-4H3. The lowest BCUT2D eigenvalue weighted by molar-refractivity contribution is 0.355. The number of aromatic nitrogens is 1. The fourth-order valence-electron chi connectivity index (χ4n) is 3.96. The Kier molecular flexibility index (Phi) is 4.44. The van der Waals surface area contributed by atoms with Gasteiger partial charge in [0.25, 0.3) is 0 Å². The number of H-pyrrole nitrogens is 1. The summed E-state index contributed by atoms with van der Waals surface area (Å²) >= 11 is 0. The van der Waals surface area contributed by atoms with Gasteiger partial charge in [-0.05, 0) is 46.9 Å². The highest BCUT2D eigenvalue weighted by molar-refractivity contribution is 6.11. The van der Waals surface area contributed by atoms with Crippen molar-refractivity contribution in [1.29, 1.82) is 5.26 Å². The molecule has 4 heteroatoms. The maximum Gasteiger partial charge on any atom is 0.161 e. The Balaban J connectivity index is 2.11. The molecular weight excluding hydrogens is 348 g/mol. The number of para-hydroxylation sites is 1. The highest BCUT2D eigenvalue weighted by Crippen LogP contribution is 2.41. The highest BCUT2D eigenvalue weighted by atomic mass is 16.5. The summed E-state index contributed by atoms with van der Waals surface area (Å²) in [7, 11) is 3.26. The fourth-order valence-corrected chi connectivity index (χ4v) is 3.96. The van der Waals surface area contributed by atoms with Crippen LogP contribution in [0.3, 0.4) is 0 Å². The van der Waals surface area contributed by atoms with Crippen molar-refractivity contribution in [3.63, 3.8) is 0 Å². The highest BCUT2D eigenvalue weighted by Gasteiger charge is 2.20. The van der Waals surface area contributed by atoms with Crippen molar-refractivity contribution in [2.24, 2.45) is 0 Å². The summed E-state index contributed by atoms with van der Waals surface area (Å²) < 4.78 is 10.9. The van der Waals surface area contributed by atoms with Crippen LogP contribution in [0.15, 0.2) is 48.5 Å². The first-order valence-electron chi connectivity index (χ1n) is 9.28. The number of nitriles is 1. The molecule has 0 radical (unpaired) electrons. The number of ether oxygens (including phenoxy) is 2. The van der Waals surface area contributed by atoms with Gasteiger partial charge in [0.1, 0.15) is 6.07 Å². The van der Waals surface area contributed by atoms with E-state index in [2.05, 4.69) is 37.0 Å².